The van der Waals surface area contributed by atoms with Crippen LogP contribution in [0, 0.1) is 5.92 Å². The third kappa shape index (κ3) is 14.2. The zero-order valence-electron chi connectivity index (χ0n) is 44.5. The first-order chi connectivity index (χ1) is 35.0. The van der Waals surface area contributed by atoms with Gasteiger partial charge in [-0.2, -0.15) is 0 Å². The molecule has 0 amide bonds. The summed E-state index contributed by atoms with van der Waals surface area (Å²) in [6.07, 6.45) is 14.0. The van der Waals surface area contributed by atoms with Crippen molar-refractivity contribution >= 4 is 150 Å². The number of hydrogen-bond donors (Lipinski definition) is 8. The maximum atomic E-state index is 13.0. The standard InChI is InChI=1S/C18H24BBrN2O2Si.C17H23BBrN3OSi.C10H9BrN2.C7H16BNO3Si/c1-19(24)22-11-25(2,3)10-16(22)17(23)9-13-5-4-12-8-14(20)6-7-15(12)18(13)21;1-18(23)22-10-24(2,3)9-15(22)17-20-14-7-4-11-8-12(19)5-6-13(11)16(14)21-17;11-7-2-3-8-6(5-7)1-4-9(12)10(8)13;1-8(12)9-5-13(2,3)4-6(9)7(10)11/h4-8,16,24H,9-11,21H2,1-3H3;4-8,11,13,15,23H,9-10H2,1-3H3,(H,20,21);1-5H,12-13H2;6,12H,4-5H2,1-3H3,(H,10,11)/t16-;11?,13?,15-;;6-/m00.0/s1. The molecule has 398 valence electrons. The average Bonchev–Trinajstić information content (AvgIpc) is 4.10. The topological polar surface area (TPSA) is 232 Å². The van der Waals surface area contributed by atoms with Crippen LogP contribution in [0.5, 0.6) is 0 Å². The summed E-state index contributed by atoms with van der Waals surface area (Å²) in [6.45, 7) is 18.9. The fourth-order valence-electron chi connectivity index (χ4n) is 11.4. The summed E-state index contributed by atoms with van der Waals surface area (Å²) >= 11 is 10.4. The monoisotopic (exact) mass is 1260 g/mol. The highest BCUT2D eigenvalue weighted by molar-refractivity contribution is 9.12. The van der Waals surface area contributed by atoms with Gasteiger partial charge in [-0.25, -0.2) is 4.98 Å². The van der Waals surface area contributed by atoms with Crippen LogP contribution >= 0.6 is 47.8 Å². The number of hydrogen-bond acceptors (Lipinski definition) is 12. The molecule has 0 spiro atoms. The molecule has 3 fully saturated rings. The molecule has 2 unspecified atom stereocenters. The number of carbonyl (C=O) groups excluding carboxylic acids is 1. The number of fused-ring (bicyclic) bond motifs is 5. The lowest BCUT2D eigenvalue weighted by Gasteiger charge is -2.25. The van der Waals surface area contributed by atoms with Crippen LogP contribution in [0.4, 0.5) is 17.1 Å². The van der Waals surface area contributed by atoms with Crippen molar-refractivity contribution in [3.8, 4) is 0 Å². The molecule has 4 heterocycles. The van der Waals surface area contributed by atoms with Gasteiger partial charge in [0.2, 0.25) is 0 Å². The van der Waals surface area contributed by atoms with Crippen LogP contribution in [0.25, 0.3) is 27.6 Å². The molecule has 23 heteroatoms. The third-order valence-corrected chi connectivity index (χ3v) is 24.7. The summed E-state index contributed by atoms with van der Waals surface area (Å²) in [7, 11) is -5.84. The first-order valence-corrected chi connectivity index (χ1v) is 38.3. The molecule has 0 bridgehead atoms. The highest BCUT2D eigenvalue weighted by atomic mass is 79.9. The Kier molecular flexibility index (Phi) is 18.7. The molecule has 1 aromatic heterocycles. The molecular weight excluding hydrogens is 1190 g/mol. The Hall–Kier alpha value is -3.58. The average molecular weight is 1260 g/mol. The predicted octanol–water partition coefficient (Wildman–Crippen LogP) is 9.92. The molecule has 10 rings (SSSR count). The molecule has 5 aromatic rings. The van der Waals surface area contributed by atoms with E-state index in [-0.39, 0.29) is 17.9 Å². The molecule has 4 aromatic carbocycles. The number of rotatable bonds is 8. The van der Waals surface area contributed by atoms with Crippen LogP contribution in [0.15, 0.2) is 98.4 Å². The van der Waals surface area contributed by atoms with Crippen molar-refractivity contribution in [2.45, 2.75) is 108 Å². The smallest absolute Gasteiger partial charge is 0.376 e. The highest BCUT2D eigenvalue weighted by Gasteiger charge is 2.47. The minimum Gasteiger partial charge on any atom is -0.480 e. The van der Waals surface area contributed by atoms with Crippen molar-refractivity contribution in [2.75, 3.05) is 35.7 Å². The van der Waals surface area contributed by atoms with E-state index in [0.29, 0.717) is 35.3 Å². The van der Waals surface area contributed by atoms with E-state index < -0.39 is 57.4 Å². The Morgan fingerprint density at radius 3 is 1.77 bits per heavy atom. The van der Waals surface area contributed by atoms with Gasteiger partial charge in [0.05, 0.1) is 65.1 Å². The maximum Gasteiger partial charge on any atom is 0.376 e. The van der Waals surface area contributed by atoms with Crippen molar-refractivity contribution in [2.24, 2.45) is 5.92 Å². The van der Waals surface area contributed by atoms with Gasteiger partial charge in [0.1, 0.15) is 5.82 Å². The van der Waals surface area contributed by atoms with Crippen LogP contribution < -0.4 is 17.2 Å². The van der Waals surface area contributed by atoms with Gasteiger partial charge in [0, 0.05) is 48.1 Å². The SMILES string of the molecule is CB(O)N1C[Si](C)(C)C[C@H]1C(=O)Cc1ccc2cc(Br)ccc2c1N.CB(O)N1C[Si](C)(C)C[C@H]1C(=O)O.CB(O)N1C[Si](C)(C)C[C@H]1c1nc2c([nH]1)C1C=CC(Br)=CC1C=C2.Nc1ccc2cc(Br)ccc2c1N. The maximum absolute atomic E-state index is 13.0. The Balaban J connectivity index is 0.000000152. The van der Waals surface area contributed by atoms with Gasteiger partial charge in [-0.3, -0.25) is 9.59 Å². The van der Waals surface area contributed by atoms with Crippen LogP contribution in [-0.4, -0.2) is 132 Å². The van der Waals surface area contributed by atoms with Crippen LogP contribution in [0.2, 0.25) is 77.9 Å². The second kappa shape index (κ2) is 23.8. The number of carboxylic acid groups (broad SMARTS) is 1. The molecule has 3 aliphatic heterocycles. The van der Waals surface area contributed by atoms with E-state index >= 15 is 0 Å². The number of aromatic amines is 1. The van der Waals surface area contributed by atoms with Gasteiger partial charge < -0.3 is 56.8 Å². The van der Waals surface area contributed by atoms with Crippen LogP contribution in [0.3, 0.4) is 0 Å². The number of halogens is 3. The zero-order valence-corrected chi connectivity index (χ0v) is 52.2. The summed E-state index contributed by atoms with van der Waals surface area (Å²) in [6, 6.07) is 22.0. The van der Waals surface area contributed by atoms with E-state index in [1.54, 1.807) is 18.5 Å². The van der Waals surface area contributed by atoms with E-state index in [0.717, 1.165) is 88.7 Å². The number of H-pyrrole nitrogens is 1. The number of Topliss-reactive ketones (excluding diaryl/α,β-unsaturated/α-hetero) is 1. The van der Waals surface area contributed by atoms with Crippen molar-refractivity contribution in [3.63, 3.8) is 0 Å². The Morgan fingerprint density at radius 2 is 1.21 bits per heavy atom. The summed E-state index contributed by atoms with van der Waals surface area (Å²) in [4.78, 5) is 38.2. The largest absolute Gasteiger partial charge is 0.480 e. The lowest BCUT2D eigenvalue weighted by Crippen LogP contribution is -2.46. The summed E-state index contributed by atoms with van der Waals surface area (Å²) in [5.74, 6) is 1.08. The van der Waals surface area contributed by atoms with Gasteiger partial charge in [0.25, 0.3) is 0 Å². The third-order valence-electron chi connectivity index (χ3n) is 15.0. The zero-order chi connectivity index (χ0) is 55.1. The van der Waals surface area contributed by atoms with Crippen LogP contribution in [-0.2, 0) is 16.0 Å². The van der Waals surface area contributed by atoms with Crippen LogP contribution in [0.1, 0.15) is 34.7 Å². The van der Waals surface area contributed by atoms with E-state index in [9.17, 15) is 24.7 Å². The van der Waals surface area contributed by atoms with Gasteiger partial charge in [-0.15, -0.1) is 0 Å². The number of carboxylic acids is 1. The van der Waals surface area contributed by atoms with Crippen molar-refractivity contribution in [1.82, 2.24) is 24.4 Å². The van der Waals surface area contributed by atoms with Gasteiger partial charge in [0.15, 0.2) is 5.78 Å². The lowest BCUT2D eigenvalue weighted by atomic mass is 9.82. The van der Waals surface area contributed by atoms with Gasteiger partial charge >= 0.3 is 27.1 Å². The second-order valence-electron chi connectivity index (χ2n) is 23.3. The van der Waals surface area contributed by atoms with Gasteiger partial charge in [-0.05, 0) is 110 Å². The molecule has 75 heavy (non-hydrogen) atoms. The Morgan fingerprint density at radius 1 is 0.693 bits per heavy atom. The van der Waals surface area contributed by atoms with E-state index in [1.165, 1.54) is 5.69 Å². The number of nitrogen functional groups attached to an aromatic ring is 3. The molecular formula is C52H72B3Br3N8O6Si3. The number of aliphatic carboxylic acids is 1. The fraction of sp³-hybridized carbons (Fsp3) is 0.404. The van der Waals surface area contributed by atoms with Crippen molar-refractivity contribution in [3.05, 3.63) is 121 Å². The molecule has 14 nitrogen and oxygen atoms in total. The first-order valence-electron chi connectivity index (χ1n) is 25.6. The number of ketones is 1. The molecule has 11 N–H and O–H groups in total. The summed E-state index contributed by atoms with van der Waals surface area (Å²) in [5.41, 5.74) is 23.0. The molecule has 5 atom stereocenters. The lowest BCUT2D eigenvalue weighted by molar-refractivity contribution is -0.140. The highest BCUT2D eigenvalue weighted by Crippen LogP contribution is 2.43. The number of carbonyl (C=O) groups is 2. The minimum absolute atomic E-state index is 0.155. The first kappa shape index (κ1) is 59.1. The Labute approximate surface area is 471 Å². The van der Waals surface area contributed by atoms with E-state index in [2.05, 4.69) is 127 Å². The van der Waals surface area contributed by atoms with E-state index in [4.69, 9.17) is 27.3 Å². The van der Waals surface area contributed by atoms with E-state index in [1.807, 2.05) is 72.3 Å². The predicted molar refractivity (Wildman–Crippen MR) is 332 cm³/mol. The molecule has 2 aliphatic carbocycles. The number of benzene rings is 4. The minimum atomic E-state index is -1.46. The number of aromatic nitrogens is 2. The Bertz CT molecular complexity index is 3030. The normalized spacial score (nSPS) is 23.2. The number of nitrogens with one attached hydrogen (secondary N) is 1. The quantitative estimate of drug-likeness (QED) is 0.0535. The number of anilines is 3. The summed E-state index contributed by atoms with van der Waals surface area (Å²) in [5, 5.41) is 42.7. The van der Waals surface area contributed by atoms with Crippen molar-refractivity contribution in [1.29, 1.82) is 0 Å². The molecule has 3 saturated heterocycles. The fourth-order valence-corrected chi connectivity index (χ4v) is 21.8. The molecule has 5 aliphatic rings. The number of imidazole rings is 1. The van der Waals surface area contributed by atoms with Crippen molar-refractivity contribution < 1.29 is 29.8 Å². The number of nitrogens with two attached hydrogens (primary N) is 3. The second-order valence-corrected chi connectivity index (χ2v) is 41.2. The summed E-state index contributed by atoms with van der Waals surface area (Å²) < 4.78 is 3.19. The number of nitrogens with zero attached hydrogens (tertiary/aromatic N) is 4. The molecule has 0 radical (unpaired) electrons. The number of allylic oxidation sites excluding steroid dienone is 5. The molecule has 0 saturated carbocycles. The van der Waals surface area contributed by atoms with Gasteiger partial charge in [-0.1, -0.05) is 142 Å².